The third-order valence-electron chi connectivity index (χ3n) is 15.2. The summed E-state index contributed by atoms with van der Waals surface area (Å²) in [5, 5.41) is 0. The van der Waals surface area contributed by atoms with Crippen LogP contribution in [0.4, 0.5) is 0 Å². The van der Waals surface area contributed by atoms with Crippen LogP contribution in [0.3, 0.4) is 0 Å². The standard InChI is InChI=1S/2C22H30O5/c2*1-13-11-16(26-18(13)23)25-12-14-17-21(4)9-6-8-20(2,3)15(21)7-10-22(17,5)27-19(14)24/h2*11-12,15-17H,6-10H2,1-5H3/b2*14-12-/t15?,16-,17+,21-,22+;15?,16-,17-,21+,22-/m01/s1. The fraction of sp³-hybridized carbons (Fsp3) is 0.727. The summed E-state index contributed by atoms with van der Waals surface area (Å²) in [6.45, 7) is 21.6. The molecule has 0 radical (unpaired) electrons. The molecule has 0 N–H and O–H groups in total. The fourth-order valence-corrected chi connectivity index (χ4v) is 13.0. The van der Waals surface area contributed by atoms with Gasteiger partial charge in [-0.2, -0.15) is 0 Å². The van der Waals surface area contributed by atoms with Crippen molar-refractivity contribution in [3.8, 4) is 0 Å². The van der Waals surface area contributed by atoms with Gasteiger partial charge in [0, 0.05) is 35.1 Å². The number of hydrogen-bond acceptors (Lipinski definition) is 10. The van der Waals surface area contributed by atoms with Crippen molar-refractivity contribution in [2.75, 3.05) is 0 Å². The van der Waals surface area contributed by atoms with E-state index in [9.17, 15) is 19.2 Å². The number of fused-ring (bicyclic) bond motifs is 6. The number of ether oxygens (including phenoxy) is 6. The van der Waals surface area contributed by atoms with Crippen molar-refractivity contribution in [1.82, 2.24) is 0 Å². The van der Waals surface area contributed by atoms with Gasteiger partial charge in [-0.1, -0.05) is 54.4 Å². The molecule has 4 saturated carbocycles. The molecule has 0 aromatic carbocycles. The largest absolute Gasteiger partial charge is 0.458 e. The summed E-state index contributed by atoms with van der Waals surface area (Å²) >= 11 is 0. The average molecular weight is 749 g/mol. The molecule has 54 heavy (non-hydrogen) atoms. The lowest BCUT2D eigenvalue weighted by molar-refractivity contribution is -0.165. The van der Waals surface area contributed by atoms with E-state index in [1.54, 1.807) is 26.0 Å². The molecule has 2 unspecified atom stereocenters. The van der Waals surface area contributed by atoms with E-state index in [4.69, 9.17) is 28.4 Å². The average Bonchev–Trinajstić information content (AvgIpc) is 3.73. The molecule has 0 aromatic heterocycles. The number of esters is 4. The maximum absolute atomic E-state index is 12.8. The van der Waals surface area contributed by atoms with Crippen molar-refractivity contribution in [2.45, 2.75) is 157 Å². The van der Waals surface area contributed by atoms with Gasteiger partial charge in [0.05, 0.1) is 23.7 Å². The zero-order chi connectivity index (χ0) is 39.2. The summed E-state index contributed by atoms with van der Waals surface area (Å²) in [6, 6.07) is 0. The van der Waals surface area contributed by atoms with Crippen molar-refractivity contribution >= 4 is 23.9 Å². The Morgan fingerprint density at radius 2 is 0.926 bits per heavy atom. The smallest absolute Gasteiger partial charge is 0.338 e. The maximum atomic E-state index is 12.8. The molecular weight excluding hydrogens is 688 g/mol. The highest BCUT2D eigenvalue weighted by Gasteiger charge is 2.66. The van der Waals surface area contributed by atoms with Gasteiger partial charge >= 0.3 is 23.9 Å². The molecule has 4 aliphatic heterocycles. The van der Waals surface area contributed by atoms with Crippen LogP contribution < -0.4 is 0 Å². The minimum absolute atomic E-state index is 0.00185. The second-order valence-corrected chi connectivity index (χ2v) is 19.8. The highest BCUT2D eigenvalue weighted by Crippen LogP contribution is 2.67. The second kappa shape index (κ2) is 13.0. The van der Waals surface area contributed by atoms with Crippen LogP contribution >= 0.6 is 0 Å². The van der Waals surface area contributed by atoms with E-state index in [0.29, 0.717) is 34.1 Å². The van der Waals surface area contributed by atoms with Gasteiger partial charge in [-0.3, -0.25) is 0 Å². The van der Waals surface area contributed by atoms with Crippen molar-refractivity contribution in [2.24, 2.45) is 45.3 Å². The second-order valence-electron chi connectivity index (χ2n) is 19.8. The first-order valence-electron chi connectivity index (χ1n) is 20.1. The van der Waals surface area contributed by atoms with Crippen LogP contribution in [0.25, 0.3) is 0 Å². The highest BCUT2D eigenvalue weighted by molar-refractivity contribution is 5.93. The molecule has 10 nitrogen and oxygen atoms in total. The Balaban J connectivity index is 0.000000167. The molecule has 6 fully saturated rings. The van der Waals surface area contributed by atoms with Gasteiger partial charge in [0.2, 0.25) is 0 Å². The van der Waals surface area contributed by atoms with E-state index in [-0.39, 0.29) is 57.4 Å². The van der Waals surface area contributed by atoms with Gasteiger partial charge in [-0.25, -0.2) is 19.2 Å². The number of carbonyl (C=O) groups is 4. The predicted octanol–water partition coefficient (Wildman–Crippen LogP) is 8.55. The summed E-state index contributed by atoms with van der Waals surface area (Å²) in [6.07, 6.45) is 15.6. The van der Waals surface area contributed by atoms with E-state index in [0.717, 1.165) is 51.4 Å². The van der Waals surface area contributed by atoms with Crippen molar-refractivity contribution < 1.29 is 47.6 Å². The van der Waals surface area contributed by atoms with Crippen LogP contribution in [0.2, 0.25) is 0 Å². The van der Waals surface area contributed by atoms with Gasteiger partial charge in [0.15, 0.2) is 0 Å². The van der Waals surface area contributed by atoms with Crippen LogP contribution in [0.5, 0.6) is 0 Å². The Labute approximate surface area is 320 Å². The molecule has 2 saturated heterocycles. The fourth-order valence-electron chi connectivity index (χ4n) is 13.0. The molecule has 0 bridgehead atoms. The molecule has 0 amide bonds. The van der Waals surface area contributed by atoms with Crippen LogP contribution in [-0.4, -0.2) is 47.7 Å². The van der Waals surface area contributed by atoms with Gasteiger partial charge in [-0.15, -0.1) is 0 Å². The minimum atomic E-state index is -0.764. The molecule has 4 aliphatic carbocycles. The molecule has 8 aliphatic rings. The molecule has 10 atom stereocenters. The van der Waals surface area contributed by atoms with Crippen molar-refractivity contribution in [1.29, 1.82) is 0 Å². The Morgan fingerprint density at radius 1 is 0.556 bits per heavy atom. The lowest BCUT2D eigenvalue weighted by atomic mass is 9.45. The molecule has 10 heteroatoms. The number of hydrogen-bond donors (Lipinski definition) is 0. The summed E-state index contributed by atoms with van der Waals surface area (Å²) in [4.78, 5) is 48.6. The maximum Gasteiger partial charge on any atom is 0.338 e. The molecule has 0 spiro atoms. The highest BCUT2D eigenvalue weighted by atomic mass is 16.7. The van der Waals surface area contributed by atoms with E-state index < -0.39 is 23.8 Å². The first kappa shape index (κ1) is 38.7. The van der Waals surface area contributed by atoms with Crippen LogP contribution in [-0.2, 0) is 47.6 Å². The van der Waals surface area contributed by atoms with Crippen LogP contribution in [0.15, 0.2) is 47.0 Å². The van der Waals surface area contributed by atoms with E-state index in [2.05, 4.69) is 55.4 Å². The number of rotatable bonds is 4. The first-order valence-corrected chi connectivity index (χ1v) is 20.1. The van der Waals surface area contributed by atoms with E-state index in [1.165, 1.54) is 25.4 Å². The lowest BCUT2D eigenvalue weighted by Crippen LogP contribution is -2.56. The summed E-state index contributed by atoms with van der Waals surface area (Å²) in [7, 11) is 0. The Kier molecular flexibility index (Phi) is 9.32. The van der Waals surface area contributed by atoms with Crippen LogP contribution in [0.1, 0.15) is 133 Å². The number of cyclic esters (lactones) is 2. The zero-order valence-electron chi connectivity index (χ0n) is 33.9. The van der Waals surface area contributed by atoms with E-state index in [1.807, 2.05) is 0 Å². The Bertz CT molecular complexity index is 1620. The Hall–Kier alpha value is -3.56. The Morgan fingerprint density at radius 3 is 1.26 bits per heavy atom. The predicted molar refractivity (Wildman–Crippen MR) is 199 cm³/mol. The van der Waals surface area contributed by atoms with Gasteiger partial charge in [-0.05, 0) is 113 Å². The normalized spacial score (nSPS) is 44.3. The van der Waals surface area contributed by atoms with E-state index >= 15 is 0 Å². The quantitative estimate of drug-likeness (QED) is 0.120. The third-order valence-corrected chi connectivity index (χ3v) is 15.2. The van der Waals surface area contributed by atoms with Gasteiger partial charge in [0.25, 0.3) is 12.6 Å². The molecule has 4 heterocycles. The first-order chi connectivity index (χ1) is 25.1. The van der Waals surface area contributed by atoms with Gasteiger partial charge in [0.1, 0.15) is 11.2 Å². The zero-order valence-corrected chi connectivity index (χ0v) is 33.9. The summed E-state index contributed by atoms with van der Waals surface area (Å²) in [5.74, 6) is -0.263. The van der Waals surface area contributed by atoms with Crippen molar-refractivity contribution in [3.05, 3.63) is 47.0 Å². The summed E-state index contributed by atoms with van der Waals surface area (Å²) in [5.41, 5.74) is 1.77. The minimum Gasteiger partial charge on any atom is -0.458 e. The molecule has 0 aromatic rings. The topological polar surface area (TPSA) is 124 Å². The molecular formula is C44H60O10. The molecule has 8 rings (SSSR count). The van der Waals surface area contributed by atoms with Gasteiger partial charge < -0.3 is 28.4 Å². The summed E-state index contributed by atoms with van der Waals surface area (Å²) < 4.78 is 33.5. The lowest BCUT2D eigenvalue weighted by Gasteiger charge is -2.59. The van der Waals surface area contributed by atoms with Crippen LogP contribution in [0, 0.1) is 45.3 Å². The SMILES string of the molecule is CC1=C[C@@H](O/C=C2\C(=O)O[C@]3(C)CCC4C(C)(C)CCC[C@]4(C)[C@@H]23)OC1=O.CC1=C[C@H](O/C=C2\C(=O)O[C@]3(C)CCC4C(C)(C)CCC[C@]4(C)[C@@H]23)OC1=O. The monoisotopic (exact) mass is 748 g/mol. The number of carbonyl (C=O) groups excluding carboxylic acids is 4. The third kappa shape index (κ3) is 6.22. The van der Waals surface area contributed by atoms with Crippen molar-refractivity contribution in [3.63, 3.8) is 0 Å². The molecule has 296 valence electrons.